The minimum atomic E-state index is -0.565. The molecule has 2 heterocycles. The normalized spacial score (nSPS) is 10.9. The molecule has 4 aromatic rings. The molecular weight excluding hydrogens is 396 g/mol. The average molecular weight is 411 g/mol. The van der Waals surface area contributed by atoms with Crippen LogP contribution in [0.4, 0.5) is 0 Å². The van der Waals surface area contributed by atoms with Crippen LogP contribution in [0.25, 0.3) is 16.7 Å². The van der Waals surface area contributed by atoms with E-state index in [-0.39, 0.29) is 12.4 Å². The number of esters is 1. The van der Waals surface area contributed by atoms with Crippen LogP contribution in [0.15, 0.2) is 60.7 Å². The monoisotopic (exact) mass is 410 g/mol. The molecular formula is C21H15ClN2O3S. The molecule has 0 saturated carbocycles. The van der Waals surface area contributed by atoms with Crippen molar-refractivity contribution < 1.29 is 14.3 Å². The number of rotatable bonds is 5. The summed E-state index contributed by atoms with van der Waals surface area (Å²) < 4.78 is 7.71. The number of hydrogen-bond donors (Lipinski definition) is 0. The summed E-state index contributed by atoms with van der Waals surface area (Å²) in [6.07, 6.45) is 0. The molecule has 0 spiro atoms. The zero-order chi connectivity index (χ0) is 19.7. The quantitative estimate of drug-likeness (QED) is 0.339. The Morgan fingerprint density at radius 1 is 1.11 bits per heavy atom. The summed E-state index contributed by atoms with van der Waals surface area (Å²) in [6.45, 7) is 1.58. The van der Waals surface area contributed by atoms with Gasteiger partial charge in [0.1, 0.15) is 5.82 Å². The molecule has 28 heavy (non-hydrogen) atoms. The van der Waals surface area contributed by atoms with Gasteiger partial charge in [-0.3, -0.25) is 9.36 Å². The Bertz CT molecular complexity index is 1180. The molecule has 2 aromatic heterocycles. The first kappa shape index (κ1) is 18.4. The van der Waals surface area contributed by atoms with Gasteiger partial charge in [0, 0.05) is 5.69 Å². The minimum Gasteiger partial charge on any atom is -0.454 e. The minimum absolute atomic E-state index is 0.282. The maximum absolute atomic E-state index is 12.4. The van der Waals surface area contributed by atoms with E-state index in [1.54, 1.807) is 24.3 Å². The van der Waals surface area contributed by atoms with Crippen molar-refractivity contribution in [3.05, 3.63) is 81.3 Å². The maximum atomic E-state index is 12.4. The van der Waals surface area contributed by atoms with Gasteiger partial charge in [0.2, 0.25) is 5.78 Å². The molecule has 0 aliphatic heterocycles. The second-order valence-electron chi connectivity index (χ2n) is 6.14. The number of thiophene rings is 1. The first-order valence-corrected chi connectivity index (χ1v) is 9.72. The van der Waals surface area contributed by atoms with E-state index in [2.05, 4.69) is 4.98 Å². The van der Waals surface area contributed by atoms with Crippen LogP contribution in [0.3, 0.4) is 0 Å². The number of Topliss-reactive ketones (excluding diaryl/α,β-unsaturated/α-hetero) is 1. The highest BCUT2D eigenvalue weighted by molar-refractivity contribution is 7.18. The molecule has 0 radical (unpaired) electrons. The zero-order valence-electron chi connectivity index (χ0n) is 14.9. The largest absolute Gasteiger partial charge is 0.454 e. The predicted molar refractivity (Wildman–Crippen MR) is 110 cm³/mol. The van der Waals surface area contributed by atoms with Crippen LogP contribution in [0.1, 0.15) is 25.9 Å². The van der Waals surface area contributed by atoms with Crippen molar-refractivity contribution in [2.45, 2.75) is 6.92 Å². The lowest BCUT2D eigenvalue weighted by atomic mass is 10.2. The van der Waals surface area contributed by atoms with Gasteiger partial charge >= 0.3 is 5.97 Å². The Balaban J connectivity index is 1.55. The van der Waals surface area contributed by atoms with Crippen molar-refractivity contribution in [3.63, 3.8) is 0 Å². The Morgan fingerprint density at radius 2 is 1.89 bits per heavy atom. The van der Waals surface area contributed by atoms with Crippen molar-refractivity contribution >= 4 is 45.7 Å². The van der Waals surface area contributed by atoms with E-state index < -0.39 is 5.97 Å². The third-order valence-electron chi connectivity index (χ3n) is 4.25. The number of aromatic nitrogens is 2. The molecule has 5 nitrogen and oxygen atoms in total. The smallest absolute Gasteiger partial charge is 0.338 e. The molecule has 140 valence electrons. The van der Waals surface area contributed by atoms with E-state index in [1.807, 2.05) is 47.9 Å². The first-order chi connectivity index (χ1) is 13.5. The number of ketones is 1. The van der Waals surface area contributed by atoms with Crippen molar-refractivity contribution in [2.24, 2.45) is 0 Å². The van der Waals surface area contributed by atoms with Crippen molar-refractivity contribution in [1.82, 2.24) is 9.55 Å². The van der Waals surface area contributed by atoms with Crippen LogP contribution in [0.2, 0.25) is 4.34 Å². The second-order valence-corrected chi connectivity index (χ2v) is 7.85. The summed E-state index contributed by atoms with van der Waals surface area (Å²) in [5, 5.41) is 0. The zero-order valence-corrected chi connectivity index (χ0v) is 16.5. The van der Waals surface area contributed by atoms with Gasteiger partial charge < -0.3 is 4.74 Å². The maximum Gasteiger partial charge on any atom is 0.338 e. The molecule has 2 aromatic carbocycles. The number of ether oxygens (including phenoxy) is 1. The fourth-order valence-electron chi connectivity index (χ4n) is 2.98. The number of carbonyl (C=O) groups excluding carboxylic acids is 2. The number of fused-ring (bicyclic) bond motifs is 1. The fourth-order valence-corrected chi connectivity index (χ4v) is 3.95. The highest BCUT2D eigenvalue weighted by Gasteiger charge is 2.16. The van der Waals surface area contributed by atoms with Crippen LogP contribution < -0.4 is 0 Å². The number of aryl methyl sites for hydroxylation is 1. The van der Waals surface area contributed by atoms with E-state index in [1.165, 1.54) is 0 Å². The SMILES string of the molecule is Cc1nc2cc(C(=O)OCC(=O)c3ccc(Cl)s3)ccc2n1-c1ccccc1. The number of imidazole rings is 1. The molecule has 7 heteroatoms. The van der Waals surface area contributed by atoms with Crippen molar-refractivity contribution in [1.29, 1.82) is 0 Å². The molecule has 0 aliphatic carbocycles. The lowest BCUT2D eigenvalue weighted by molar-refractivity contribution is 0.0476. The number of halogens is 1. The summed E-state index contributed by atoms with van der Waals surface area (Å²) in [5.74, 6) is -0.0307. The van der Waals surface area contributed by atoms with Gasteiger partial charge in [0.15, 0.2) is 6.61 Å². The summed E-state index contributed by atoms with van der Waals surface area (Å²) in [5.41, 5.74) is 2.93. The Hall–Kier alpha value is -2.96. The number of carbonyl (C=O) groups is 2. The predicted octanol–water partition coefficient (Wildman–Crippen LogP) is 5.09. The van der Waals surface area contributed by atoms with E-state index in [0.29, 0.717) is 20.3 Å². The Kier molecular flexibility index (Phi) is 4.98. The van der Waals surface area contributed by atoms with Gasteiger partial charge in [0.05, 0.1) is 25.8 Å². The molecule has 0 aliphatic rings. The van der Waals surface area contributed by atoms with E-state index >= 15 is 0 Å². The highest BCUT2D eigenvalue weighted by Crippen LogP contribution is 2.23. The summed E-state index contributed by atoms with van der Waals surface area (Å²) >= 11 is 6.99. The third-order valence-corrected chi connectivity index (χ3v) is 5.53. The van der Waals surface area contributed by atoms with Crippen LogP contribution in [-0.2, 0) is 4.74 Å². The lowest BCUT2D eigenvalue weighted by Gasteiger charge is -2.07. The molecule has 0 atom stereocenters. The van der Waals surface area contributed by atoms with Gasteiger partial charge in [0.25, 0.3) is 0 Å². The van der Waals surface area contributed by atoms with Gasteiger partial charge in [-0.2, -0.15) is 0 Å². The van der Waals surface area contributed by atoms with Gasteiger partial charge in [-0.05, 0) is 49.4 Å². The average Bonchev–Trinajstić information content (AvgIpc) is 3.28. The topological polar surface area (TPSA) is 61.2 Å². The molecule has 0 unspecified atom stereocenters. The Morgan fingerprint density at radius 3 is 2.61 bits per heavy atom. The summed E-state index contributed by atoms with van der Waals surface area (Å²) in [4.78, 5) is 29.4. The third kappa shape index (κ3) is 3.56. The number of hydrogen-bond acceptors (Lipinski definition) is 5. The fraction of sp³-hybridized carbons (Fsp3) is 0.0952. The van der Waals surface area contributed by atoms with Crippen molar-refractivity contribution in [2.75, 3.05) is 6.61 Å². The number of benzene rings is 2. The highest BCUT2D eigenvalue weighted by atomic mass is 35.5. The van der Waals surface area contributed by atoms with Crippen LogP contribution in [0.5, 0.6) is 0 Å². The van der Waals surface area contributed by atoms with Crippen molar-refractivity contribution in [3.8, 4) is 5.69 Å². The standard InChI is InChI=1S/C21H15ClN2O3S/c1-13-23-16-11-14(7-8-17(16)24(13)15-5-3-2-4-6-15)21(26)27-12-18(25)19-9-10-20(22)28-19/h2-11H,12H2,1H3. The molecule has 0 saturated heterocycles. The Labute approximate surface area is 170 Å². The second kappa shape index (κ2) is 7.58. The van der Waals surface area contributed by atoms with E-state index in [4.69, 9.17) is 16.3 Å². The summed E-state index contributed by atoms with van der Waals surface area (Å²) in [6, 6.07) is 18.3. The van der Waals surface area contributed by atoms with Crippen LogP contribution in [-0.4, -0.2) is 27.9 Å². The number of nitrogens with zero attached hydrogens (tertiary/aromatic N) is 2. The summed E-state index contributed by atoms with van der Waals surface area (Å²) in [7, 11) is 0. The molecule has 4 rings (SSSR count). The van der Waals surface area contributed by atoms with Gasteiger partial charge in [-0.15, -0.1) is 11.3 Å². The molecule has 0 N–H and O–H groups in total. The number of para-hydroxylation sites is 1. The van der Waals surface area contributed by atoms with Gasteiger partial charge in [-0.25, -0.2) is 9.78 Å². The van der Waals surface area contributed by atoms with Crippen LogP contribution in [0, 0.1) is 6.92 Å². The molecule has 0 fully saturated rings. The van der Waals surface area contributed by atoms with Gasteiger partial charge in [-0.1, -0.05) is 29.8 Å². The van der Waals surface area contributed by atoms with E-state index in [0.717, 1.165) is 28.4 Å². The lowest BCUT2D eigenvalue weighted by Crippen LogP contribution is -2.13. The molecule has 0 amide bonds. The molecule has 0 bridgehead atoms. The van der Waals surface area contributed by atoms with Crippen LogP contribution >= 0.6 is 22.9 Å². The first-order valence-electron chi connectivity index (χ1n) is 8.53. The van der Waals surface area contributed by atoms with E-state index in [9.17, 15) is 9.59 Å².